The van der Waals surface area contributed by atoms with E-state index in [1.54, 1.807) is 24.3 Å². The molecule has 0 heterocycles. The van der Waals surface area contributed by atoms with Crippen LogP contribution in [0.3, 0.4) is 0 Å². The van der Waals surface area contributed by atoms with E-state index in [2.05, 4.69) is 17.5 Å². The van der Waals surface area contributed by atoms with E-state index in [1.165, 1.54) is 5.49 Å². The van der Waals surface area contributed by atoms with Crippen LogP contribution in [0.15, 0.2) is 24.3 Å². The van der Waals surface area contributed by atoms with Crippen molar-refractivity contribution < 1.29 is 0 Å². The van der Waals surface area contributed by atoms with Crippen LogP contribution in [-0.4, -0.2) is 5.49 Å². The number of thiocarbonyl (C=S) groups is 1. The molecule has 0 saturated heterocycles. The Morgan fingerprint density at radius 1 is 1.36 bits per heavy atom. The molecule has 1 aromatic carbocycles. The van der Waals surface area contributed by atoms with Gasteiger partial charge in [0.15, 0.2) is 0 Å². The Morgan fingerprint density at radius 3 is 2.45 bits per heavy atom. The standard InChI is InChI=1S/C8H6N2S/c9-5-7-1-3-8(4-2-7)10-6-11/h1-4,6H,(H,10,11). The highest BCUT2D eigenvalue weighted by Crippen LogP contribution is 2.06. The molecule has 0 saturated carbocycles. The van der Waals surface area contributed by atoms with E-state index in [0.717, 1.165) is 5.69 Å². The molecule has 2 nitrogen and oxygen atoms in total. The zero-order chi connectivity index (χ0) is 8.10. The first kappa shape index (κ1) is 7.70. The van der Waals surface area contributed by atoms with Crippen LogP contribution in [0.25, 0.3) is 0 Å². The molecule has 1 rings (SSSR count). The monoisotopic (exact) mass is 162 g/mol. The van der Waals surface area contributed by atoms with E-state index in [4.69, 9.17) is 5.26 Å². The molecule has 1 N–H and O–H groups in total. The highest BCUT2D eigenvalue weighted by Gasteiger charge is 1.88. The average Bonchev–Trinajstić information content (AvgIpc) is 2.07. The largest absolute Gasteiger partial charge is 0.353 e. The van der Waals surface area contributed by atoms with Crippen LogP contribution in [-0.2, 0) is 0 Å². The van der Waals surface area contributed by atoms with Crippen molar-refractivity contribution in [2.45, 2.75) is 0 Å². The first-order chi connectivity index (χ1) is 5.36. The van der Waals surface area contributed by atoms with Crippen molar-refractivity contribution in [2.24, 2.45) is 0 Å². The van der Waals surface area contributed by atoms with Crippen LogP contribution in [0.4, 0.5) is 5.69 Å². The second-order valence-corrected chi connectivity index (χ2v) is 2.19. The molecule has 54 valence electrons. The van der Waals surface area contributed by atoms with Crippen molar-refractivity contribution in [1.82, 2.24) is 0 Å². The van der Waals surface area contributed by atoms with E-state index < -0.39 is 0 Å². The van der Waals surface area contributed by atoms with Gasteiger partial charge >= 0.3 is 0 Å². The number of hydrogen-bond acceptors (Lipinski definition) is 2. The number of benzene rings is 1. The minimum atomic E-state index is 0.653. The van der Waals surface area contributed by atoms with Gasteiger partial charge in [-0.3, -0.25) is 0 Å². The summed E-state index contributed by atoms with van der Waals surface area (Å²) in [7, 11) is 0. The van der Waals surface area contributed by atoms with Gasteiger partial charge in [0.2, 0.25) is 0 Å². The lowest BCUT2D eigenvalue weighted by Gasteiger charge is -1.96. The first-order valence-corrected chi connectivity index (χ1v) is 3.54. The summed E-state index contributed by atoms with van der Waals surface area (Å²) >= 11 is 4.59. The highest BCUT2D eigenvalue weighted by molar-refractivity contribution is 7.79. The van der Waals surface area contributed by atoms with E-state index in [9.17, 15) is 0 Å². The minimum Gasteiger partial charge on any atom is -0.353 e. The quantitative estimate of drug-likeness (QED) is 0.675. The number of hydrogen-bond donors (Lipinski definition) is 1. The van der Waals surface area contributed by atoms with Gasteiger partial charge in [-0.15, -0.1) is 0 Å². The zero-order valence-electron chi connectivity index (χ0n) is 5.74. The molecule has 0 fully saturated rings. The Labute approximate surface area is 70.5 Å². The van der Waals surface area contributed by atoms with Crippen LogP contribution in [0.5, 0.6) is 0 Å². The number of anilines is 1. The molecule has 0 bridgehead atoms. The number of nitrogens with zero attached hydrogens (tertiary/aromatic N) is 1. The second-order valence-electron chi connectivity index (χ2n) is 1.95. The SMILES string of the molecule is N#Cc1ccc(NC=S)cc1. The molecule has 0 aromatic heterocycles. The van der Waals surface area contributed by atoms with Crippen molar-refractivity contribution in [3.8, 4) is 6.07 Å². The molecule has 0 atom stereocenters. The Bertz CT molecular complexity index is 284. The van der Waals surface area contributed by atoms with Gasteiger partial charge in [-0.2, -0.15) is 5.26 Å². The summed E-state index contributed by atoms with van der Waals surface area (Å²) in [4.78, 5) is 0. The fourth-order valence-corrected chi connectivity index (χ4v) is 0.845. The lowest BCUT2D eigenvalue weighted by atomic mass is 10.2. The Morgan fingerprint density at radius 2 is 2.00 bits per heavy atom. The van der Waals surface area contributed by atoms with Crippen LogP contribution >= 0.6 is 12.2 Å². The number of rotatable bonds is 2. The maximum Gasteiger partial charge on any atom is 0.0991 e. The molecule has 0 radical (unpaired) electrons. The Kier molecular flexibility index (Phi) is 2.59. The van der Waals surface area contributed by atoms with E-state index >= 15 is 0 Å². The normalized spacial score (nSPS) is 8.27. The van der Waals surface area contributed by atoms with Crippen molar-refractivity contribution in [2.75, 3.05) is 5.32 Å². The third kappa shape index (κ3) is 2.03. The molecule has 11 heavy (non-hydrogen) atoms. The molecule has 0 aliphatic rings. The van der Waals surface area contributed by atoms with Crippen LogP contribution in [0, 0.1) is 11.3 Å². The average molecular weight is 162 g/mol. The van der Waals surface area contributed by atoms with Gasteiger partial charge < -0.3 is 5.32 Å². The summed E-state index contributed by atoms with van der Waals surface area (Å²) in [5.74, 6) is 0. The van der Waals surface area contributed by atoms with Crippen LogP contribution < -0.4 is 5.32 Å². The van der Waals surface area contributed by atoms with Crippen molar-refractivity contribution in [3.05, 3.63) is 29.8 Å². The Balaban J connectivity index is 2.84. The predicted molar refractivity (Wildman–Crippen MR) is 48.4 cm³/mol. The zero-order valence-corrected chi connectivity index (χ0v) is 6.56. The van der Waals surface area contributed by atoms with Gasteiger partial charge in [-0.05, 0) is 24.3 Å². The molecule has 3 heteroatoms. The minimum absolute atomic E-state index is 0.653. The summed E-state index contributed by atoms with van der Waals surface area (Å²) in [5, 5.41) is 11.3. The molecule has 1 aromatic rings. The predicted octanol–water partition coefficient (Wildman–Crippen LogP) is 1.93. The van der Waals surface area contributed by atoms with Gasteiger partial charge in [0, 0.05) is 5.69 Å². The topological polar surface area (TPSA) is 35.8 Å². The first-order valence-electron chi connectivity index (χ1n) is 3.07. The molecular weight excluding hydrogens is 156 g/mol. The fourth-order valence-electron chi connectivity index (χ4n) is 0.709. The molecular formula is C8H6N2S. The van der Waals surface area contributed by atoms with E-state index in [0.29, 0.717) is 5.56 Å². The molecule has 0 aliphatic heterocycles. The maximum absolute atomic E-state index is 8.46. The van der Waals surface area contributed by atoms with Gasteiger partial charge in [-0.25, -0.2) is 0 Å². The van der Waals surface area contributed by atoms with E-state index in [1.807, 2.05) is 6.07 Å². The van der Waals surface area contributed by atoms with Gasteiger partial charge in [0.05, 0.1) is 17.1 Å². The summed E-state index contributed by atoms with van der Waals surface area (Å²) in [6, 6.07) is 9.12. The smallest absolute Gasteiger partial charge is 0.0991 e. The van der Waals surface area contributed by atoms with Gasteiger partial charge in [0.25, 0.3) is 0 Å². The maximum atomic E-state index is 8.46. The lowest BCUT2D eigenvalue weighted by molar-refractivity contribution is 1.48. The van der Waals surface area contributed by atoms with Crippen molar-refractivity contribution in [1.29, 1.82) is 5.26 Å². The molecule has 0 unspecified atom stereocenters. The summed E-state index contributed by atoms with van der Waals surface area (Å²) in [6.45, 7) is 0. The van der Waals surface area contributed by atoms with Crippen molar-refractivity contribution in [3.63, 3.8) is 0 Å². The van der Waals surface area contributed by atoms with E-state index in [-0.39, 0.29) is 0 Å². The molecule has 0 amide bonds. The summed E-state index contributed by atoms with van der Waals surface area (Å²) in [6.07, 6.45) is 0. The van der Waals surface area contributed by atoms with Gasteiger partial charge in [0.1, 0.15) is 0 Å². The summed E-state index contributed by atoms with van der Waals surface area (Å²) < 4.78 is 0. The highest BCUT2D eigenvalue weighted by atomic mass is 32.1. The number of nitriles is 1. The summed E-state index contributed by atoms with van der Waals surface area (Å²) in [5.41, 5.74) is 2.99. The lowest BCUT2D eigenvalue weighted by Crippen LogP contribution is -1.90. The van der Waals surface area contributed by atoms with Crippen LogP contribution in [0.2, 0.25) is 0 Å². The van der Waals surface area contributed by atoms with Crippen molar-refractivity contribution >= 4 is 23.4 Å². The fraction of sp³-hybridized carbons (Fsp3) is 0. The second kappa shape index (κ2) is 3.69. The van der Waals surface area contributed by atoms with Gasteiger partial charge in [-0.1, -0.05) is 12.2 Å². The third-order valence-corrected chi connectivity index (χ3v) is 1.36. The molecule has 0 spiro atoms. The Hall–Kier alpha value is -1.40. The van der Waals surface area contributed by atoms with Crippen LogP contribution in [0.1, 0.15) is 5.56 Å². The third-order valence-electron chi connectivity index (χ3n) is 1.24. The molecule has 0 aliphatic carbocycles. The number of nitrogens with one attached hydrogen (secondary N) is 1.